The van der Waals surface area contributed by atoms with Gasteiger partial charge in [-0.25, -0.2) is 4.98 Å². The largest absolute Gasteiger partial charge is 0.459 e. The summed E-state index contributed by atoms with van der Waals surface area (Å²) in [6.45, 7) is 3.65. The van der Waals surface area contributed by atoms with Gasteiger partial charge in [-0.2, -0.15) is 0 Å². The van der Waals surface area contributed by atoms with Gasteiger partial charge in [0, 0.05) is 29.4 Å². The zero-order valence-corrected chi connectivity index (χ0v) is 12.2. The van der Waals surface area contributed by atoms with Gasteiger partial charge in [-0.05, 0) is 25.8 Å². The van der Waals surface area contributed by atoms with E-state index in [4.69, 9.17) is 4.42 Å². The summed E-state index contributed by atoms with van der Waals surface area (Å²) in [5, 5.41) is 4.76. The number of aryl methyl sites for hydroxylation is 1. The van der Waals surface area contributed by atoms with E-state index in [-0.39, 0.29) is 0 Å². The Labute approximate surface area is 123 Å². The summed E-state index contributed by atoms with van der Waals surface area (Å²) < 4.78 is 8.23. The van der Waals surface area contributed by atoms with E-state index in [1.165, 1.54) is 23.8 Å². The minimum Gasteiger partial charge on any atom is -0.459 e. The van der Waals surface area contributed by atoms with Crippen LogP contribution in [-0.4, -0.2) is 15.6 Å². The van der Waals surface area contributed by atoms with Gasteiger partial charge >= 0.3 is 0 Å². The summed E-state index contributed by atoms with van der Waals surface area (Å²) in [7, 11) is 0. The van der Waals surface area contributed by atoms with Crippen molar-refractivity contribution in [3.05, 3.63) is 53.8 Å². The third kappa shape index (κ3) is 2.47. The molecular formula is C17H19N3O. The van der Waals surface area contributed by atoms with E-state index in [2.05, 4.69) is 27.0 Å². The van der Waals surface area contributed by atoms with E-state index < -0.39 is 0 Å². The average Bonchev–Trinajstić information content (AvgIpc) is 3.15. The molecule has 108 valence electrons. The van der Waals surface area contributed by atoms with Crippen LogP contribution >= 0.6 is 0 Å². The van der Waals surface area contributed by atoms with Crippen molar-refractivity contribution in [1.82, 2.24) is 14.9 Å². The molecule has 1 fully saturated rings. The first-order valence-corrected chi connectivity index (χ1v) is 7.51. The van der Waals surface area contributed by atoms with Crippen LogP contribution in [-0.2, 0) is 13.1 Å². The van der Waals surface area contributed by atoms with Crippen molar-refractivity contribution in [3.8, 4) is 0 Å². The lowest BCUT2D eigenvalue weighted by atomic mass is 10.1. The summed E-state index contributed by atoms with van der Waals surface area (Å²) in [5.41, 5.74) is 2.23. The highest BCUT2D eigenvalue weighted by molar-refractivity contribution is 5.82. The maximum absolute atomic E-state index is 6.07. The molecule has 1 aliphatic carbocycles. The third-order valence-electron chi connectivity index (χ3n) is 4.16. The van der Waals surface area contributed by atoms with Crippen LogP contribution in [0.3, 0.4) is 0 Å². The summed E-state index contributed by atoms with van der Waals surface area (Å²) >= 11 is 0. The first-order valence-electron chi connectivity index (χ1n) is 7.51. The molecule has 1 N–H and O–H groups in total. The molecule has 2 heterocycles. The first-order chi connectivity index (χ1) is 10.3. The first kappa shape index (κ1) is 12.7. The maximum atomic E-state index is 6.07. The fourth-order valence-electron chi connectivity index (χ4n) is 2.73. The Hall–Kier alpha value is -2.07. The minimum atomic E-state index is 0.682. The van der Waals surface area contributed by atoms with Crippen LogP contribution in [0.4, 0.5) is 0 Å². The Morgan fingerprint density at radius 3 is 2.95 bits per heavy atom. The van der Waals surface area contributed by atoms with Crippen LogP contribution in [0.5, 0.6) is 0 Å². The molecule has 0 amide bonds. The van der Waals surface area contributed by atoms with Gasteiger partial charge in [0.2, 0.25) is 0 Å². The normalized spacial score (nSPS) is 14.9. The van der Waals surface area contributed by atoms with Crippen LogP contribution in [0.1, 0.15) is 30.0 Å². The lowest BCUT2D eigenvalue weighted by Crippen LogP contribution is -2.16. The number of imidazole rings is 1. The lowest BCUT2D eigenvalue weighted by molar-refractivity contribution is 0.503. The summed E-state index contributed by atoms with van der Waals surface area (Å²) in [5.74, 6) is 2.08. The van der Waals surface area contributed by atoms with E-state index in [0.717, 1.165) is 30.3 Å². The fourth-order valence-corrected chi connectivity index (χ4v) is 2.73. The van der Waals surface area contributed by atoms with Crippen LogP contribution in [0.15, 0.2) is 41.1 Å². The highest BCUT2D eigenvalue weighted by atomic mass is 16.3. The molecule has 0 saturated heterocycles. The molecule has 0 aliphatic heterocycles. The number of para-hydroxylation sites is 1. The van der Waals surface area contributed by atoms with E-state index in [0.29, 0.717) is 6.04 Å². The van der Waals surface area contributed by atoms with Gasteiger partial charge < -0.3 is 14.3 Å². The second-order valence-electron chi connectivity index (χ2n) is 5.76. The number of rotatable bonds is 5. The second kappa shape index (κ2) is 5.04. The number of hydrogen-bond donors (Lipinski definition) is 1. The van der Waals surface area contributed by atoms with Crippen LogP contribution in [0.25, 0.3) is 11.0 Å². The molecule has 0 spiro atoms. The zero-order valence-electron chi connectivity index (χ0n) is 12.2. The number of hydrogen-bond acceptors (Lipinski definition) is 3. The number of furan rings is 1. The maximum Gasteiger partial charge on any atom is 0.134 e. The van der Waals surface area contributed by atoms with Gasteiger partial charge in [-0.1, -0.05) is 18.2 Å². The van der Waals surface area contributed by atoms with Crippen LogP contribution < -0.4 is 5.32 Å². The zero-order chi connectivity index (χ0) is 14.2. The van der Waals surface area contributed by atoms with E-state index in [9.17, 15) is 0 Å². The molecule has 1 saturated carbocycles. The molecule has 1 aliphatic rings. The Balaban J connectivity index is 1.72. The number of nitrogens with one attached hydrogen (secondary N) is 1. The van der Waals surface area contributed by atoms with Crippen molar-refractivity contribution < 1.29 is 4.42 Å². The molecule has 2 aromatic heterocycles. The van der Waals surface area contributed by atoms with Gasteiger partial charge in [-0.3, -0.25) is 0 Å². The van der Waals surface area contributed by atoms with E-state index in [1.807, 2.05) is 31.5 Å². The molecule has 1 aromatic carbocycles. The lowest BCUT2D eigenvalue weighted by Gasteiger charge is -2.07. The Morgan fingerprint density at radius 2 is 2.19 bits per heavy atom. The summed E-state index contributed by atoms with van der Waals surface area (Å²) in [6.07, 6.45) is 6.45. The molecule has 3 aromatic rings. The number of fused-ring (bicyclic) bond motifs is 1. The molecule has 4 rings (SSSR count). The van der Waals surface area contributed by atoms with Crippen molar-refractivity contribution in [2.45, 2.75) is 38.9 Å². The third-order valence-corrected chi connectivity index (χ3v) is 4.16. The molecule has 4 nitrogen and oxygen atoms in total. The monoisotopic (exact) mass is 281 g/mol. The standard InChI is InChI=1S/C17H19N3O/c1-12-18-8-9-20(12)11-15-14-4-2-3-5-16(14)21-17(15)10-19-13-6-7-13/h2-5,8-9,13,19H,6-7,10-11H2,1H3. The Morgan fingerprint density at radius 1 is 1.33 bits per heavy atom. The predicted molar refractivity (Wildman–Crippen MR) is 82.1 cm³/mol. The Bertz CT molecular complexity index is 767. The second-order valence-corrected chi connectivity index (χ2v) is 5.76. The topological polar surface area (TPSA) is 43.0 Å². The summed E-state index contributed by atoms with van der Waals surface area (Å²) in [4.78, 5) is 4.31. The number of nitrogens with zero attached hydrogens (tertiary/aromatic N) is 2. The van der Waals surface area contributed by atoms with Gasteiger partial charge in [-0.15, -0.1) is 0 Å². The highest BCUT2D eigenvalue weighted by Gasteiger charge is 2.22. The van der Waals surface area contributed by atoms with E-state index in [1.54, 1.807) is 0 Å². The average molecular weight is 281 g/mol. The fraction of sp³-hybridized carbons (Fsp3) is 0.353. The molecule has 21 heavy (non-hydrogen) atoms. The molecule has 0 bridgehead atoms. The van der Waals surface area contributed by atoms with Crippen LogP contribution in [0, 0.1) is 6.92 Å². The molecule has 4 heteroatoms. The van der Waals surface area contributed by atoms with Crippen molar-refractivity contribution in [3.63, 3.8) is 0 Å². The minimum absolute atomic E-state index is 0.682. The van der Waals surface area contributed by atoms with Crippen molar-refractivity contribution in [2.24, 2.45) is 0 Å². The van der Waals surface area contributed by atoms with E-state index >= 15 is 0 Å². The van der Waals surface area contributed by atoms with Crippen molar-refractivity contribution >= 4 is 11.0 Å². The van der Waals surface area contributed by atoms with Gasteiger partial charge in [0.25, 0.3) is 0 Å². The molecule has 0 unspecified atom stereocenters. The SMILES string of the molecule is Cc1nccn1Cc1c(CNC2CC2)oc2ccccc12. The highest BCUT2D eigenvalue weighted by Crippen LogP contribution is 2.28. The molecular weight excluding hydrogens is 262 g/mol. The Kier molecular flexibility index (Phi) is 3.04. The van der Waals surface area contributed by atoms with Gasteiger partial charge in [0.1, 0.15) is 17.2 Å². The smallest absolute Gasteiger partial charge is 0.134 e. The molecule has 0 atom stereocenters. The number of aromatic nitrogens is 2. The number of benzene rings is 1. The van der Waals surface area contributed by atoms with Crippen LogP contribution in [0.2, 0.25) is 0 Å². The predicted octanol–water partition coefficient (Wildman–Crippen LogP) is 3.24. The van der Waals surface area contributed by atoms with Gasteiger partial charge in [0.15, 0.2) is 0 Å². The summed E-state index contributed by atoms with van der Waals surface area (Å²) in [6, 6.07) is 8.96. The van der Waals surface area contributed by atoms with Gasteiger partial charge in [0.05, 0.1) is 13.1 Å². The van der Waals surface area contributed by atoms with Crippen molar-refractivity contribution in [1.29, 1.82) is 0 Å². The quantitative estimate of drug-likeness (QED) is 0.780. The van der Waals surface area contributed by atoms with Crippen molar-refractivity contribution in [2.75, 3.05) is 0 Å². The molecule has 0 radical (unpaired) electrons.